The van der Waals surface area contributed by atoms with Crippen molar-refractivity contribution >= 4 is 52.5 Å². The highest BCUT2D eigenvalue weighted by atomic mass is 32.2. The van der Waals surface area contributed by atoms with Gasteiger partial charge in [0.25, 0.3) is 5.91 Å². The van der Waals surface area contributed by atoms with Crippen molar-refractivity contribution in [3.63, 3.8) is 0 Å². The van der Waals surface area contributed by atoms with E-state index >= 15 is 4.79 Å². The quantitative estimate of drug-likeness (QED) is 0.0359. The Bertz CT molecular complexity index is 2920. The Morgan fingerprint density at radius 2 is 1.20 bits per heavy atom. The number of rotatable bonds is 14. The molecule has 1 fully saturated rings. The number of aliphatic carboxylic acids is 1. The fourth-order valence-electron chi connectivity index (χ4n) is 9.38. The van der Waals surface area contributed by atoms with Crippen molar-refractivity contribution in [2.24, 2.45) is 4.99 Å². The number of β-lactam (4-membered cyclic amide) rings is 1. The number of carboxylic acids is 1. The molecular weight excluding hydrogens is 901 g/mol. The summed E-state index contributed by atoms with van der Waals surface area (Å²) in [4.78, 5) is 69.2. The predicted molar refractivity (Wildman–Crippen MR) is 268 cm³/mol. The van der Waals surface area contributed by atoms with Gasteiger partial charge in [0.2, 0.25) is 11.7 Å². The van der Waals surface area contributed by atoms with Crippen molar-refractivity contribution in [1.82, 2.24) is 20.3 Å². The van der Waals surface area contributed by atoms with E-state index in [4.69, 9.17) is 14.8 Å². The fraction of sp³-hybridized carbons (Fsp3) is 0.107. The summed E-state index contributed by atoms with van der Waals surface area (Å²) in [6.07, 6.45) is 3.58. The van der Waals surface area contributed by atoms with E-state index in [1.54, 1.807) is 29.4 Å². The number of nitrogens with zero attached hydrogens (tertiary/aromatic N) is 5. The number of thioether (sulfide) groups is 1. The van der Waals surface area contributed by atoms with Crippen molar-refractivity contribution in [1.29, 1.82) is 0 Å². The van der Waals surface area contributed by atoms with Gasteiger partial charge in [-0.3, -0.25) is 24.3 Å². The summed E-state index contributed by atoms with van der Waals surface area (Å²) in [6, 6.07) is 60.9. The number of benzene rings is 6. The van der Waals surface area contributed by atoms with Crippen LogP contribution in [0.4, 0.5) is 5.82 Å². The average Bonchev–Trinajstić information content (AvgIpc) is 3.94. The number of aliphatic imine (C=N–C) groups is 1. The van der Waals surface area contributed by atoms with Crippen LogP contribution in [0.15, 0.2) is 238 Å². The molecule has 1 saturated heterocycles. The molecule has 2 amide bonds. The van der Waals surface area contributed by atoms with E-state index in [1.807, 2.05) is 188 Å². The first-order valence-corrected chi connectivity index (χ1v) is 24.1. The van der Waals surface area contributed by atoms with E-state index in [0.717, 1.165) is 45.1 Å². The lowest BCUT2D eigenvalue weighted by Gasteiger charge is -2.49. The highest BCUT2D eigenvalue weighted by molar-refractivity contribution is 8.03. The van der Waals surface area contributed by atoms with Gasteiger partial charge >= 0.3 is 5.97 Å². The number of hydrogen-bond donors (Lipinski definition) is 2. The van der Waals surface area contributed by atoms with Crippen molar-refractivity contribution in [2.45, 2.75) is 41.0 Å². The number of amidine groups is 1. The molecule has 2 aliphatic heterocycles. The number of carbonyl (C=O) groups excluding carboxylic acids is 2. The molecule has 69 heavy (non-hydrogen) atoms. The Morgan fingerprint density at radius 1 is 0.710 bits per heavy atom. The zero-order valence-electron chi connectivity index (χ0n) is 37.0. The number of amides is 2. The highest BCUT2D eigenvalue weighted by Gasteiger charge is 2.52. The number of aromatic nitrogens is 2. The second-order valence-corrected chi connectivity index (χ2v) is 18.3. The Balaban J connectivity index is 1.25. The minimum absolute atomic E-state index is 0.117. The largest absolute Gasteiger partial charge is 0.477 e. The molecule has 2 aromatic heterocycles. The van der Waals surface area contributed by atoms with Gasteiger partial charge in [0.1, 0.15) is 17.1 Å². The average molecular weight is 945 g/mol. The lowest BCUT2D eigenvalue weighted by atomic mass is 9.77. The second-order valence-electron chi connectivity index (χ2n) is 16.5. The molecule has 2 aliphatic rings. The molecule has 2 N–H and O–H groups in total. The Morgan fingerprint density at radius 3 is 1.62 bits per heavy atom. The number of carbonyl (C=O) groups is 3. The monoisotopic (exact) mass is 944 g/mol. The number of fused-ring (bicyclic) bond motifs is 1. The molecule has 11 nitrogen and oxygen atoms in total. The standard InChI is InChI=1S/C56H44N6O5S2/c63-49-35-45-34-47(51(50(54(65)66)61(45)49)69-46-32-19-33-57-36-46)62(48-37-68-38-58-48)53(64)52(59-55(39-20-7-1-8-21-39,40-22-9-2-10-23-40)41-24-11-3-12-25-41)60-67-56(42-26-13-4-14-27-42,43-28-15-5-16-29-43)44-30-17-6-18-31-44/h1-33,36-38,45,47H,34-35H2,(H,59,60)(H,65,66). The van der Waals surface area contributed by atoms with Crippen LogP contribution >= 0.6 is 23.1 Å². The zero-order valence-corrected chi connectivity index (χ0v) is 38.6. The van der Waals surface area contributed by atoms with Gasteiger partial charge in [-0.25, -0.2) is 20.3 Å². The molecule has 2 atom stereocenters. The Hall–Kier alpha value is -7.97. The third kappa shape index (κ3) is 8.52. The fourth-order valence-corrected chi connectivity index (χ4v) is 11.0. The Kier molecular flexibility index (Phi) is 12.8. The van der Waals surface area contributed by atoms with Crippen LogP contribution in [0, 0.1) is 0 Å². The minimum atomic E-state index is -1.38. The van der Waals surface area contributed by atoms with E-state index in [2.05, 4.69) is 10.5 Å². The van der Waals surface area contributed by atoms with Crippen molar-refractivity contribution < 1.29 is 24.3 Å². The summed E-state index contributed by atoms with van der Waals surface area (Å²) in [5.74, 6) is -2.19. The molecule has 10 rings (SSSR count). The van der Waals surface area contributed by atoms with Crippen molar-refractivity contribution in [2.75, 3.05) is 4.90 Å². The third-order valence-electron chi connectivity index (χ3n) is 12.5. The summed E-state index contributed by atoms with van der Waals surface area (Å²) in [5.41, 5.74) is 6.53. The second kappa shape index (κ2) is 19.7. The molecule has 13 heteroatoms. The summed E-state index contributed by atoms with van der Waals surface area (Å²) >= 11 is 2.44. The highest BCUT2D eigenvalue weighted by Crippen LogP contribution is 2.47. The van der Waals surface area contributed by atoms with E-state index in [1.165, 1.54) is 21.1 Å². The zero-order chi connectivity index (χ0) is 47.2. The number of anilines is 1. The summed E-state index contributed by atoms with van der Waals surface area (Å²) in [7, 11) is 0. The summed E-state index contributed by atoms with van der Waals surface area (Å²) in [5, 5.41) is 12.7. The number of pyridine rings is 1. The predicted octanol–water partition coefficient (Wildman–Crippen LogP) is 10.2. The molecule has 0 aliphatic carbocycles. The van der Waals surface area contributed by atoms with E-state index in [-0.39, 0.29) is 41.0 Å². The van der Waals surface area contributed by atoms with E-state index < -0.39 is 35.1 Å². The van der Waals surface area contributed by atoms with Gasteiger partial charge in [0.15, 0.2) is 5.60 Å². The molecule has 0 saturated carbocycles. The maximum Gasteiger partial charge on any atom is 0.353 e. The first-order chi connectivity index (χ1) is 33.9. The van der Waals surface area contributed by atoms with Crippen LogP contribution in [-0.4, -0.2) is 55.7 Å². The molecule has 8 aromatic rings. The molecule has 0 radical (unpaired) electrons. The normalized spacial score (nSPS) is 16.0. The van der Waals surface area contributed by atoms with Crippen LogP contribution in [0.2, 0.25) is 0 Å². The SMILES string of the molecule is O=C(O)C1=C(Sc2cccnc2)C(N(C(=O)C(=NC(c2ccccc2)(c2ccccc2)c2ccccc2)NOC(c2ccccc2)(c2ccccc2)c2ccccc2)c2cscn2)CC2CC(=O)N12. The number of carboxylic acid groups (broad SMARTS) is 1. The first kappa shape index (κ1) is 44.8. The van der Waals surface area contributed by atoms with Gasteiger partial charge in [-0.1, -0.05) is 194 Å². The number of hydroxylamine groups is 1. The number of hydrogen-bond acceptors (Lipinski definition) is 9. The topological polar surface area (TPSA) is 137 Å². The van der Waals surface area contributed by atoms with Gasteiger partial charge in [0, 0.05) is 40.0 Å². The molecule has 0 bridgehead atoms. The Labute approximate surface area is 407 Å². The van der Waals surface area contributed by atoms with Crippen molar-refractivity contribution in [3.8, 4) is 0 Å². The van der Waals surface area contributed by atoms with Crippen LogP contribution in [-0.2, 0) is 30.4 Å². The maximum atomic E-state index is 16.6. The van der Waals surface area contributed by atoms with Crippen LogP contribution in [0.1, 0.15) is 46.2 Å². The van der Waals surface area contributed by atoms with Gasteiger partial charge in [-0.15, -0.1) is 11.3 Å². The van der Waals surface area contributed by atoms with Gasteiger partial charge in [-0.05, 0) is 51.9 Å². The summed E-state index contributed by atoms with van der Waals surface area (Å²) in [6.45, 7) is 0. The van der Waals surface area contributed by atoms with Crippen LogP contribution in [0.25, 0.3) is 0 Å². The van der Waals surface area contributed by atoms with Crippen LogP contribution < -0.4 is 10.4 Å². The maximum absolute atomic E-state index is 16.6. The molecule has 2 unspecified atom stereocenters. The molecule has 0 spiro atoms. The molecule has 340 valence electrons. The lowest BCUT2D eigenvalue weighted by molar-refractivity contribution is -0.150. The molecule has 4 heterocycles. The molecular formula is C56H44N6O5S2. The minimum Gasteiger partial charge on any atom is -0.477 e. The van der Waals surface area contributed by atoms with Crippen LogP contribution in [0.5, 0.6) is 0 Å². The van der Waals surface area contributed by atoms with Gasteiger partial charge in [-0.2, -0.15) is 0 Å². The number of nitrogens with one attached hydrogen (secondary N) is 1. The van der Waals surface area contributed by atoms with Gasteiger partial charge < -0.3 is 10.0 Å². The lowest BCUT2D eigenvalue weighted by Crippen LogP contribution is -2.61. The number of thiazole rings is 1. The van der Waals surface area contributed by atoms with E-state index in [9.17, 15) is 14.7 Å². The summed E-state index contributed by atoms with van der Waals surface area (Å²) < 4.78 is 0. The van der Waals surface area contributed by atoms with Crippen molar-refractivity contribution in [3.05, 3.63) is 261 Å². The van der Waals surface area contributed by atoms with Crippen LogP contribution in [0.3, 0.4) is 0 Å². The molecule has 6 aromatic carbocycles. The third-order valence-corrected chi connectivity index (χ3v) is 14.2. The van der Waals surface area contributed by atoms with Gasteiger partial charge in [0.05, 0.1) is 11.6 Å². The first-order valence-electron chi connectivity index (χ1n) is 22.3. The smallest absolute Gasteiger partial charge is 0.353 e. The van der Waals surface area contributed by atoms with E-state index in [0.29, 0.717) is 4.90 Å².